The molecule has 2 aromatic rings. The Morgan fingerprint density at radius 1 is 1.38 bits per heavy atom. The van der Waals surface area contributed by atoms with Gasteiger partial charge in [0.2, 0.25) is 0 Å². The first-order valence-corrected chi connectivity index (χ1v) is 7.03. The molecule has 0 bridgehead atoms. The van der Waals surface area contributed by atoms with Crippen LogP contribution in [0.5, 0.6) is 5.75 Å². The molecule has 21 heavy (non-hydrogen) atoms. The van der Waals surface area contributed by atoms with Crippen molar-refractivity contribution in [2.75, 3.05) is 0 Å². The van der Waals surface area contributed by atoms with E-state index in [1.165, 1.54) is 16.9 Å². The van der Waals surface area contributed by atoms with E-state index >= 15 is 0 Å². The summed E-state index contributed by atoms with van der Waals surface area (Å²) >= 11 is 0. The van der Waals surface area contributed by atoms with Crippen molar-refractivity contribution in [1.82, 2.24) is 9.78 Å². The zero-order valence-corrected chi connectivity index (χ0v) is 12.4. The van der Waals surface area contributed by atoms with Crippen LogP contribution in [0.4, 0.5) is 4.39 Å². The van der Waals surface area contributed by atoms with Crippen LogP contribution in [0, 0.1) is 11.7 Å². The van der Waals surface area contributed by atoms with Crippen LogP contribution in [-0.2, 0) is 4.79 Å². The first-order chi connectivity index (χ1) is 10.0. The van der Waals surface area contributed by atoms with Gasteiger partial charge in [-0.15, -0.1) is 0 Å². The number of benzene rings is 1. The molecule has 2 rings (SSSR count). The van der Waals surface area contributed by atoms with Crippen molar-refractivity contribution < 1.29 is 13.9 Å². The number of ketones is 1. The Labute approximate surface area is 123 Å². The van der Waals surface area contributed by atoms with Gasteiger partial charge in [-0.3, -0.25) is 4.79 Å². The molecule has 112 valence electrons. The predicted molar refractivity (Wildman–Crippen MR) is 78.1 cm³/mol. The summed E-state index contributed by atoms with van der Waals surface area (Å²) in [4.78, 5) is 12.0. The van der Waals surface area contributed by atoms with E-state index in [1.54, 1.807) is 24.4 Å². The fraction of sp³-hybridized carbons (Fsp3) is 0.375. The number of aromatic nitrogens is 2. The lowest BCUT2D eigenvalue weighted by Gasteiger charge is -2.16. The van der Waals surface area contributed by atoms with Gasteiger partial charge < -0.3 is 4.74 Å². The molecule has 5 heteroatoms. The summed E-state index contributed by atoms with van der Waals surface area (Å²) in [7, 11) is 0. The van der Waals surface area contributed by atoms with E-state index in [4.69, 9.17) is 4.74 Å². The maximum Gasteiger partial charge on any atom is 0.175 e. The van der Waals surface area contributed by atoms with Gasteiger partial charge in [0.1, 0.15) is 11.5 Å². The van der Waals surface area contributed by atoms with Gasteiger partial charge in [-0.05, 0) is 18.6 Å². The van der Waals surface area contributed by atoms with Crippen molar-refractivity contribution in [2.45, 2.75) is 33.3 Å². The largest absolute Gasteiger partial charge is 0.479 e. The van der Waals surface area contributed by atoms with E-state index in [2.05, 4.69) is 5.10 Å². The number of carbonyl (C=O) groups excluding carboxylic acids is 1. The Morgan fingerprint density at radius 3 is 2.71 bits per heavy atom. The van der Waals surface area contributed by atoms with Gasteiger partial charge in [0.15, 0.2) is 17.6 Å². The standard InChI is InChI=1S/C16H19FN2O2/c1-4-15(16(20)11(2)3)21-12-9-18-19(10-12)14-8-6-5-7-13(14)17/h5-11,15H,4H2,1-3H3. The van der Waals surface area contributed by atoms with E-state index in [1.807, 2.05) is 20.8 Å². The van der Waals surface area contributed by atoms with E-state index in [0.29, 0.717) is 17.9 Å². The second-order valence-electron chi connectivity index (χ2n) is 5.14. The molecule has 0 N–H and O–H groups in total. The normalized spacial score (nSPS) is 12.4. The van der Waals surface area contributed by atoms with Crippen LogP contribution in [0.2, 0.25) is 0 Å². The molecule has 0 aliphatic rings. The van der Waals surface area contributed by atoms with Gasteiger partial charge in [0.25, 0.3) is 0 Å². The van der Waals surface area contributed by atoms with Crippen molar-refractivity contribution in [3.8, 4) is 11.4 Å². The molecule has 4 nitrogen and oxygen atoms in total. The third-order valence-electron chi connectivity index (χ3n) is 3.19. The topological polar surface area (TPSA) is 44.1 Å². The smallest absolute Gasteiger partial charge is 0.175 e. The molecule has 1 aromatic heterocycles. The average molecular weight is 290 g/mol. The maximum atomic E-state index is 13.7. The Bertz CT molecular complexity index is 622. The van der Waals surface area contributed by atoms with Crippen LogP contribution in [0.15, 0.2) is 36.7 Å². The Balaban J connectivity index is 2.17. The molecule has 0 saturated heterocycles. The highest BCUT2D eigenvalue weighted by Crippen LogP contribution is 2.19. The van der Waals surface area contributed by atoms with Crippen LogP contribution >= 0.6 is 0 Å². The molecule has 1 unspecified atom stereocenters. The average Bonchev–Trinajstić information content (AvgIpc) is 2.92. The quantitative estimate of drug-likeness (QED) is 0.819. The number of hydrogen-bond donors (Lipinski definition) is 0. The zero-order valence-electron chi connectivity index (χ0n) is 12.4. The van der Waals surface area contributed by atoms with Gasteiger partial charge in [0.05, 0.1) is 12.4 Å². The van der Waals surface area contributed by atoms with Gasteiger partial charge in [0, 0.05) is 5.92 Å². The molecular weight excluding hydrogens is 271 g/mol. The Hall–Kier alpha value is -2.17. The number of Topliss-reactive ketones (excluding diaryl/α,β-unsaturated/α-hetero) is 1. The summed E-state index contributed by atoms with van der Waals surface area (Å²) in [6, 6.07) is 6.35. The molecule has 1 heterocycles. The van der Waals surface area contributed by atoms with Gasteiger partial charge in [-0.1, -0.05) is 32.9 Å². The zero-order chi connectivity index (χ0) is 15.4. The van der Waals surface area contributed by atoms with Gasteiger partial charge >= 0.3 is 0 Å². The first-order valence-electron chi connectivity index (χ1n) is 7.03. The minimum absolute atomic E-state index is 0.0520. The van der Waals surface area contributed by atoms with Crippen molar-refractivity contribution in [3.63, 3.8) is 0 Å². The second kappa shape index (κ2) is 6.52. The molecule has 1 atom stereocenters. The van der Waals surface area contributed by atoms with Crippen LogP contribution in [0.25, 0.3) is 5.69 Å². The number of hydrogen-bond acceptors (Lipinski definition) is 3. The van der Waals surface area contributed by atoms with E-state index in [0.717, 1.165) is 0 Å². The second-order valence-corrected chi connectivity index (χ2v) is 5.14. The molecular formula is C16H19FN2O2. The highest BCUT2D eigenvalue weighted by atomic mass is 19.1. The van der Waals surface area contributed by atoms with E-state index < -0.39 is 6.10 Å². The first kappa shape index (κ1) is 15.2. The van der Waals surface area contributed by atoms with E-state index in [9.17, 15) is 9.18 Å². The molecule has 0 saturated carbocycles. The minimum atomic E-state index is -0.497. The fourth-order valence-electron chi connectivity index (χ4n) is 2.02. The van der Waals surface area contributed by atoms with Gasteiger partial charge in [-0.2, -0.15) is 5.10 Å². The Kier molecular flexibility index (Phi) is 4.73. The number of carbonyl (C=O) groups is 1. The summed E-state index contributed by atoms with van der Waals surface area (Å²) in [6.45, 7) is 5.58. The lowest BCUT2D eigenvalue weighted by Crippen LogP contribution is -2.30. The number of ether oxygens (including phenoxy) is 1. The van der Waals surface area contributed by atoms with Crippen LogP contribution in [0.1, 0.15) is 27.2 Å². The number of rotatable bonds is 6. The lowest BCUT2D eigenvalue weighted by atomic mass is 10.0. The van der Waals surface area contributed by atoms with Crippen molar-refractivity contribution >= 4 is 5.78 Å². The molecule has 0 spiro atoms. The molecule has 0 fully saturated rings. The van der Waals surface area contributed by atoms with Gasteiger partial charge in [-0.25, -0.2) is 9.07 Å². The summed E-state index contributed by atoms with van der Waals surface area (Å²) in [5.41, 5.74) is 0.343. The van der Waals surface area contributed by atoms with Crippen molar-refractivity contribution in [3.05, 3.63) is 42.5 Å². The summed E-state index contributed by atoms with van der Waals surface area (Å²) < 4.78 is 20.8. The van der Waals surface area contributed by atoms with Crippen molar-refractivity contribution in [2.24, 2.45) is 5.92 Å². The highest BCUT2D eigenvalue weighted by Gasteiger charge is 2.21. The fourth-order valence-corrected chi connectivity index (χ4v) is 2.02. The summed E-state index contributed by atoms with van der Waals surface area (Å²) in [5.74, 6) is 0.0595. The molecule has 0 amide bonds. The highest BCUT2D eigenvalue weighted by molar-refractivity contribution is 5.85. The molecule has 0 aliphatic carbocycles. The molecule has 0 aliphatic heterocycles. The summed E-state index contributed by atoms with van der Waals surface area (Å²) in [5, 5.41) is 4.08. The third kappa shape index (κ3) is 3.48. The predicted octanol–water partition coefficient (Wildman–Crippen LogP) is 3.39. The Morgan fingerprint density at radius 2 is 2.10 bits per heavy atom. The molecule has 1 aromatic carbocycles. The minimum Gasteiger partial charge on any atom is -0.479 e. The lowest BCUT2D eigenvalue weighted by molar-refractivity contribution is -0.128. The summed E-state index contributed by atoms with van der Waals surface area (Å²) in [6.07, 6.45) is 3.16. The number of para-hydroxylation sites is 1. The monoisotopic (exact) mass is 290 g/mol. The van der Waals surface area contributed by atoms with E-state index in [-0.39, 0.29) is 17.5 Å². The number of nitrogens with zero attached hydrogens (tertiary/aromatic N) is 2. The van der Waals surface area contributed by atoms with Crippen LogP contribution in [0.3, 0.4) is 0 Å². The van der Waals surface area contributed by atoms with Crippen molar-refractivity contribution in [1.29, 1.82) is 0 Å². The third-order valence-corrected chi connectivity index (χ3v) is 3.19. The SMILES string of the molecule is CCC(Oc1cnn(-c2ccccc2F)c1)C(=O)C(C)C. The van der Waals surface area contributed by atoms with Crippen LogP contribution in [-0.4, -0.2) is 21.7 Å². The number of halogens is 1. The molecule has 0 radical (unpaired) electrons. The maximum absolute atomic E-state index is 13.7. The van der Waals surface area contributed by atoms with Crippen LogP contribution < -0.4 is 4.74 Å².